The number of urea groups is 1. The predicted octanol–water partition coefficient (Wildman–Crippen LogP) is -0.516. The summed E-state index contributed by atoms with van der Waals surface area (Å²) in [4.78, 5) is 29.3. The van der Waals surface area contributed by atoms with Gasteiger partial charge in [-0.1, -0.05) is 6.07 Å². The van der Waals surface area contributed by atoms with Crippen LogP contribution in [-0.4, -0.2) is 47.6 Å². The summed E-state index contributed by atoms with van der Waals surface area (Å²) < 4.78 is 4.96. The van der Waals surface area contributed by atoms with Gasteiger partial charge in [0.25, 0.3) is 5.91 Å². The monoisotopic (exact) mass is 262 g/mol. The van der Waals surface area contributed by atoms with Crippen LogP contribution < -0.4 is 15.4 Å². The second-order valence-corrected chi connectivity index (χ2v) is 4.72. The summed E-state index contributed by atoms with van der Waals surface area (Å²) in [7, 11) is 1.53. The summed E-state index contributed by atoms with van der Waals surface area (Å²) in [6.07, 6.45) is 1.60. The Morgan fingerprint density at radius 1 is 1.42 bits per heavy atom. The maximum Gasteiger partial charge on any atom is 0.325 e. The Morgan fingerprint density at radius 2 is 2.21 bits per heavy atom. The molecular weight excluding hydrogens is 248 g/mol. The van der Waals surface area contributed by atoms with Crippen LogP contribution in [0.5, 0.6) is 5.88 Å². The van der Waals surface area contributed by atoms with Crippen molar-refractivity contribution in [3.8, 4) is 5.88 Å². The Bertz CT molecular complexity index is 524. The zero-order valence-electron chi connectivity index (χ0n) is 10.5. The fourth-order valence-corrected chi connectivity index (χ4v) is 2.24. The number of imide groups is 1. The predicted molar refractivity (Wildman–Crippen MR) is 65.5 cm³/mol. The van der Waals surface area contributed by atoms with Crippen molar-refractivity contribution < 1.29 is 14.3 Å². The number of ether oxygens (including phenoxy) is 1. The molecule has 0 radical (unpaired) electrons. The number of hydrogen-bond donors (Lipinski definition) is 2. The summed E-state index contributed by atoms with van der Waals surface area (Å²) in [6.45, 7) is 1.22. The number of rotatable bonds is 3. The third kappa shape index (κ3) is 1.82. The second kappa shape index (κ2) is 4.20. The molecule has 0 atom stereocenters. The van der Waals surface area contributed by atoms with E-state index in [1.54, 1.807) is 18.3 Å². The molecule has 1 aromatic heterocycles. The maximum atomic E-state index is 12.2. The molecule has 2 fully saturated rings. The Morgan fingerprint density at radius 3 is 2.68 bits per heavy atom. The zero-order valence-corrected chi connectivity index (χ0v) is 10.5. The Balaban J connectivity index is 1.75. The molecule has 7 heteroatoms. The first kappa shape index (κ1) is 11.9. The second-order valence-electron chi connectivity index (χ2n) is 4.72. The van der Waals surface area contributed by atoms with Crippen LogP contribution in [0.3, 0.4) is 0 Å². The maximum absolute atomic E-state index is 12.2. The lowest BCUT2D eigenvalue weighted by Gasteiger charge is -2.36. The molecule has 0 bridgehead atoms. The van der Waals surface area contributed by atoms with Crippen LogP contribution >= 0.6 is 0 Å². The van der Waals surface area contributed by atoms with Crippen LogP contribution in [0.25, 0.3) is 0 Å². The summed E-state index contributed by atoms with van der Waals surface area (Å²) in [5, 5.41) is 5.74. The van der Waals surface area contributed by atoms with Crippen LogP contribution in [0.4, 0.5) is 4.79 Å². The van der Waals surface area contributed by atoms with Gasteiger partial charge in [-0.3, -0.25) is 9.69 Å². The average Bonchev–Trinajstić information content (AvgIpc) is 2.64. The van der Waals surface area contributed by atoms with Crippen LogP contribution in [-0.2, 0) is 11.3 Å². The van der Waals surface area contributed by atoms with Crippen molar-refractivity contribution in [2.75, 3.05) is 20.2 Å². The molecule has 3 amide bonds. The van der Waals surface area contributed by atoms with Gasteiger partial charge in [-0.05, 0) is 5.56 Å². The van der Waals surface area contributed by atoms with E-state index < -0.39 is 5.54 Å². The quantitative estimate of drug-likeness (QED) is 0.716. The van der Waals surface area contributed by atoms with E-state index in [1.807, 2.05) is 0 Å². The number of carbonyl (C=O) groups is 2. The minimum absolute atomic E-state index is 0.174. The van der Waals surface area contributed by atoms with Crippen molar-refractivity contribution in [1.82, 2.24) is 20.5 Å². The number of pyridine rings is 1. The average molecular weight is 262 g/mol. The van der Waals surface area contributed by atoms with Crippen molar-refractivity contribution >= 4 is 11.9 Å². The van der Waals surface area contributed by atoms with E-state index in [0.717, 1.165) is 5.56 Å². The summed E-state index contributed by atoms with van der Waals surface area (Å²) in [5.41, 5.74) is 0.0606. The molecule has 1 spiro atoms. The van der Waals surface area contributed by atoms with Crippen LogP contribution in [0, 0.1) is 0 Å². The fourth-order valence-electron chi connectivity index (χ4n) is 2.24. The molecule has 100 valence electrons. The molecule has 2 saturated heterocycles. The van der Waals surface area contributed by atoms with Gasteiger partial charge in [0.15, 0.2) is 0 Å². The Kier molecular flexibility index (Phi) is 2.63. The fraction of sp³-hybridized carbons (Fsp3) is 0.417. The van der Waals surface area contributed by atoms with E-state index in [-0.39, 0.29) is 18.5 Å². The normalized spacial score (nSPS) is 20.4. The molecule has 0 unspecified atom stereocenters. The van der Waals surface area contributed by atoms with Crippen molar-refractivity contribution in [2.24, 2.45) is 0 Å². The molecule has 0 aromatic carbocycles. The molecule has 0 saturated carbocycles. The highest BCUT2D eigenvalue weighted by atomic mass is 16.5. The lowest BCUT2D eigenvalue weighted by atomic mass is 9.93. The van der Waals surface area contributed by atoms with Crippen molar-refractivity contribution in [3.05, 3.63) is 23.9 Å². The summed E-state index contributed by atoms with van der Waals surface area (Å²) in [5.74, 6) is 0.327. The molecular formula is C12H14N4O3. The lowest BCUT2D eigenvalue weighted by molar-refractivity contribution is -0.133. The zero-order chi connectivity index (χ0) is 13.5. The van der Waals surface area contributed by atoms with Crippen molar-refractivity contribution in [2.45, 2.75) is 12.1 Å². The summed E-state index contributed by atoms with van der Waals surface area (Å²) >= 11 is 0. The van der Waals surface area contributed by atoms with Crippen LogP contribution in [0.2, 0.25) is 0 Å². The van der Waals surface area contributed by atoms with E-state index in [0.29, 0.717) is 19.0 Å². The van der Waals surface area contributed by atoms with Gasteiger partial charge in [-0.25, -0.2) is 9.78 Å². The smallest absolute Gasteiger partial charge is 0.325 e. The highest BCUT2D eigenvalue weighted by Gasteiger charge is 2.54. The van der Waals surface area contributed by atoms with E-state index in [9.17, 15) is 9.59 Å². The molecule has 2 N–H and O–H groups in total. The van der Waals surface area contributed by atoms with Gasteiger partial charge >= 0.3 is 6.03 Å². The number of methoxy groups -OCH3 is 1. The molecule has 0 aliphatic carbocycles. The van der Waals surface area contributed by atoms with Gasteiger partial charge in [-0.15, -0.1) is 0 Å². The standard InChI is InChI=1S/C12H14N4O3/c1-19-9-3-2-8(4-14-9)5-16-10(17)12(6-13-7-12)15-11(16)18/h2-4,13H,5-7H2,1H3,(H,15,18). The first-order valence-corrected chi connectivity index (χ1v) is 5.98. The number of carbonyl (C=O) groups excluding carboxylic acids is 2. The van der Waals surface area contributed by atoms with E-state index in [4.69, 9.17) is 4.74 Å². The molecule has 7 nitrogen and oxygen atoms in total. The van der Waals surface area contributed by atoms with Gasteiger partial charge in [0.05, 0.1) is 13.7 Å². The highest BCUT2D eigenvalue weighted by Crippen LogP contribution is 2.23. The molecule has 3 rings (SSSR count). The first-order chi connectivity index (χ1) is 9.14. The molecule has 1 aromatic rings. The van der Waals surface area contributed by atoms with Gasteiger partial charge in [0.2, 0.25) is 5.88 Å². The van der Waals surface area contributed by atoms with Crippen LogP contribution in [0.15, 0.2) is 18.3 Å². The van der Waals surface area contributed by atoms with Gasteiger partial charge in [-0.2, -0.15) is 0 Å². The SMILES string of the molecule is COc1ccc(CN2C(=O)NC3(CNC3)C2=O)cn1. The number of nitrogens with zero attached hydrogens (tertiary/aromatic N) is 2. The number of nitrogens with one attached hydrogen (secondary N) is 2. The van der Waals surface area contributed by atoms with Gasteiger partial charge < -0.3 is 15.4 Å². The third-order valence-electron chi connectivity index (χ3n) is 3.45. The molecule has 2 aliphatic heterocycles. The molecule has 3 heterocycles. The lowest BCUT2D eigenvalue weighted by Crippen LogP contribution is -2.69. The van der Waals surface area contributed by atoms with E-state index in [2.05, 4.69) is 15.6 Å². The number of hydrogen-bond acceptors (Lipinski definition) is 5. The Labute approximate surface area is 109 Å². The largest absolute Gasteiger partial charge is 0.481 e. The van der Waals surface area contributed by atoms with Crippen molar-refractivity contribution in [3.63, 3.8) is 0 Å². The van der Waals surface area contributed by atoms with Crippen molar-refractivity contribution in [1.29, 1.82) is 0 Å². The topological polar surface area (TPSA) is 83.6 Å². The molecule has 2 aliphatic rings. The van der Waals surface area contributed by atoms with Gasteiger partial charge in [0.1, 0.15) is 5.54 Å². The minimum Gasteiger partial charge on any atom is -0.481 e. The molecule has 19 heavy (non-hydrogen) atoms. The number of aromatic nitrogens is 1. The summed E-state index contributed by atoms with van der Waals surface area (Å²) in [6, 6.07) is 3.15. The highest BCUT2D eigenvalue weighted by molar-refractivity contribution is 6.08. The Hall–Kier alpha value is -2.15. The number of amides is 3. The van der Waals surface area contributed by atoms with E-state index >= 15 is 0 Å². The van der Waals surface area contributed by atoms with E-state index in [1.165, 1.54) is 12.0 Å². The van der Waals surface area contributed by atoms with Gasteiger partial charge in [0, 0.05) is 25.4 Å². The minimum atomic E-state index is -0.725. The third-order valence-corrected chi connectivity index (χ3v) is 3.45. The first-order valence-electron chi connectivity index (χ1n) is 5.98. The van der Waals surface area contributed by atoms with Crippen LogP contribution in [0.1, 0.15) is 5.56 Å².